The second-order valence-corrected chi connectivity index (χ2v) is 5.65. The average molecular weight is 304 g/mol. The van der Waals surface area contributed by atoms with Gasteiger partial charge in [-0.2, -0.15) is 0 Å². The SMILES string of the molecule is CCCCCCCCCc1ccccc1OC(=O)C(=O)CC. The molecular formula is C19H28O3. The Morgan fingerprint density at radius 2 is 1.55 bits per heavy atom. The van der Waals surface area contributed by atoms with Crippen LogP contribution >= 0.6 is 0 Å². The van der Waals surface area contributed by atoms with Gasteiger partial charge in [-0.15, -0.1) is 0 Å². The first-order valence-corrected chi connectivity index (χ1v) is 8.52. The molecule has 0 N–H and O–H groups in total. The Labute approximate surface area is 134 Å². The molecule has 0 aliphatic heterocycles. The van der Waals surface area contributed by atoms with Crippen LogP contribution in [0.4, 0.5) is 0 Å². The first-order chi connectivity index (χ1) is 10.7. The second-order valence-electron chi connectivity index (χ2n) is 5.65. The number of unbranched alkanes of at least 4 members (excludes halogenated alkanes) is 6. The van der Waals surface area contributed by atoms with Crippen LogP contribution < -0.4 is 4.74 Å². The lowest BCUT2D eigenvalue weighted by Crippen LogP contribution is -2.19. The van der Waals surface area contributed by atoms with Crippen molar-refractivity contribution in [1.29, 1.82) is 0 Å². The Morgan fingerprint density at radius 1 is 0.909 bits per heavy atom. The van der Waals surface area contributed by atoms with Crippen LogP contribution in [-0.2, 0) is 16.0 Å². The van der Waals surface area contributed by atoms with Gasteiger partial charge in [-0.3, -0.25) is 4.79 Å². The number of benzene rings is 1. The third-order valence-electron chi connectivity index (χ3n) is 3.77. The number of Topliss-reactive ketones (excluding diaryl/α,β-unsaturated/α-hetero) is 1. The molecule has 0 aromatic heterocycles. The van der Waals surface area contributed by atoms with E-state index in [4.69, 9.17) is 4.74 Å². The normalized spacial score (nSPS) is 10.5. The molecule has 122 valence electrons. The van der Waals surface area contributed by atoms with E-state index in [-0.39, 0.29) is 6.42 Å². The molecular weight excluding hydrogens is 276 g/mol. The van der Waals surface area contributed by atoms with Crippen LogP contribution in [0.5, 0.6) is 5.75 Å². The molecule has 0 aliphatic carbocycles. The summed E-state index contributed by atoms with van der Waals surface area (Å²) in [5.74, 6) is -0.708. The van der Waals surface area contributed by atoms with Crippen molar-refractivity contribution in [2.24, 2.45) is 0 Å². The summed E-state index contributed by atoms with van der Waals surface area (Å²) in [5.41, 5.74) is 1.01. The Kier molecular flexibility index (Phi) is 9.20. The van der Waals surface area contributed by atoms with E-state index in [2.05, 4.69) is 6.92 Å². The van der Waals surface area contributed by atoms with Gasteiger partial charge in [0.25, 0.3) is 0 Å². The molecule has 3 nitrogen and oxygen atoms in total. The predicted molar refractivity (Wildman–Crippen MR) is 89.1 cm³/mol. The number of ether oxygens (including phenoxy) is 1. The number of carbonyl (C=O) groups excluding carboxylic acids is 2. The van der Waals surface area contributed by atoms with E-state index >= 15 is 0 Å². The average Bonchev–Trinajstić information content (AvgIpc) is 2.54. The number of rotatable bonds is 11. The fraction of sp³-hybridized carbons (Fsp3) is 0.579. The van der Waals surface area contributed by atoms with Gasteiger partial charge in [-0.05, 0) is 24.5 Å². The zero-order valence-corrected chi connectivity index (χ0v) is 13.9. The number of carbonyl (C=O) groups is 2. The van der Waals surface area contributed by atoms with E-state index in [0.717, 1.165) is 18.4 Å². The van der Waals surface area contributed by atoms with Crippen molar-refractivity contribution in [3.8, 4) is 5.75 Å². The van der Waals surface area contributed by atoms with E-state index in [9.17, 15) is 9.59 Å². The maximum atomic E-state index is 11.6. The third kappa shape index (κ3) is 6.88. The molecule has 1 aromatic rings. The number of esters is 1. The van der Waals surface area contributed by atoms with Crippen LogP contribution in [0.3, 0.4) is 0 Å². The van der Waals surface area contributed by atoms with E-state index in [1.807, 2.05) is 18.2 Å². The smallest absolute Gasteiger partial charge is 0.379 e. The van der Waals surface area contributed by atoms with Crippen LogP contribution in [0.1, 0.15) is 70.8 Å². The number of para-hydroxylation sites is 1. The number of aryl methyl sites for hydroxylation is 1. The van der Waals surface area contributed by atoms with Gasteiger partial charge in [-0.1, -0.05) is 70.6 Å². The molecule has 0 saturated heterocycles. The minimum atomic E-state index is -0.755. The van der Waals surface area contributed by atoms with Crippen molar-refractivity contribution < 1.29 is 14.3 Å². The monoisotopic (exact) mass is 304 g/mol. The lowest BCUT2D eigenvalue weighted by Gasteiger charge is -2.09. The van der Waals surface area contributed by atoms with Crippen LogP contribution in [-0.4, -0.2) is 11.8 Å². The molecule has 22 heavy (non-hydrogen) atoms. The summed E-state index contributed by atoms with van der Waals surface area (Å²) in [6.45, 7) is 3.88. The van der Waals surface area contributed by atoms with Crippen molar-refractivity contribution in [3.63, 3.8) is 0 Å². The van der Waals surface area contributed by atoms with E-state index in [1.165, 1.54) is 38.5 Å². The highest BCUT2D eigenvalue weighted by atomic mass is 16.5. The molecule has 0 bridgehead atoms. The molecule has 3 heteroatoms. The number of hydrogen-bond donors (Lipinski definition) is 0. The zero-order valence-electron chi connectivity index (χ0n) is 13.9. The summed E-state index contributed by atoms with van der Waals surface area (Å²) >= 11 is 0. The van der Waals surface area contributed by atoms with Gasteiger partial charge >= 0.3 is 5.97 Å². The van der Waals surface area contributed by atoms with Crippen molar-refractivity contribution in [3.05, 3.63) is 29.8 Å². The van der Waals surface area contributed by atoms with E-state index in [1.54, 1.807) is 13.0 Å². The summed E-state index contributed by atoms with van der Waals surface area (Å²) in [6, 6.07) is 7.50. The summed E-state index contributed by atoms with van der Waals surface area (Å²) in [7, 11) is 0. The topological polar surface area (TPSA) is 43.4 Å². The lowest BCUT2D eigenvalue weighted by molar-refractivity contribution is -0.147. The molecule has 0 aliphatic rings. The van der Waals surface area contributed by atoms with E-state index < -0.39 is 11.8 Å². The van der Waals surface area contributed by atoms with Crippen molar-refractivity contribution >= 4 is 11.8 Å². The van der Waals surface area contributed by atoms with Crippen LogP contribution in [0.25, 0.3) is 0 Å². The summed E-state index contributed by atoms with van der Waals surface area (Å²) in [4.78, 5) is 22.9. The Morgan fingerprint density at radius 3 is 2.23 bits per heavy atom. The maximum Gasteiger partial charge on any atom is 0.379 e. The highest BCUT2D eigenvalue weighted by molar-refractivity contribution is 6.34. The largest absolute Gasteiger partial charge is 0.421 e. The Balaban J connectivity index is 2.40. The van der Waals surface area contributed by atoms with Gasteiger partial charge in [0.05, 0.1) is 0 Å². The zero-order chi connectivity index (χ0) is 16.2. The fourth-order valence-electron chi connectivity index (χ4n) is 2.38. The van der Waals surface area contributed by atoms with Crippen molar-refractivity contribution in [1.82, 2.24) is 0 Å². The molecule has 0 radical (unpaired) electrons. The Bertz CT molecular complexity index is 466. The molecule has 0 saturated carbocycles. The van der Waals surface area contributed by atoms with Crippen LogP contribution in [0.2, 0.25) is 0 Å². The minimum Gasteiger partial charge on any atom is -0.421 e. The van der Waals surface area contributed by atoms with Gasteiger partial charge < -0.3 is 4.74 Å². The van der Waals surface area contributed by atoms with E-state index in [0.29, 0.717) is 5.75 Å². The predicted octanol–water partition coefficient (Wildman–Crippen LogP) is 4.86. The fourth-order valence-corrected chi connectivity index (χ4v) is 2.38. The molecule has 1 aromatic carbocycles. The third-order valence-corrected chi connectivity index (χ3v) is 3.77. The Hall–Kier alpha value is -1.64. The first-order valence-electron chi connectivity index (χ1n) is 8.52. The molecule has 0 unspecified atom stereocenters. The lowest BCUT2D eigenvalue weighted by atomic mass is 10.0. The molecule has 1 rings (SSSR count). The van der Waals surface area contributed by atoms with Gasteiger partial charge in [0.2, 0.25) is 5.78 Å². The summed E-state index contributed by atoms with van der Waals surface area (Å²) in [5, 5.41) is 0. The van der Waals surface area contributed by atoms with Gasteiger partial charge in [0.1, 0.15) is 5.75 Å². The summed E-state index contributed by atoms with van der Waals surface area (Å²) in [6.07, 6.45) is 9.83. The van der Waals surface area contributed by atoms with Gasteiger partial charge in [0.15, 0.2) is 0 Å². The number of ketones is 1. The van der Waals surface area contributed by atoms with Gasteiger partial charge in [-0.25, -0.2) is 4.79 Å². The molecule has 0 spiro atoms. The molecule has 0 heterocycles. The minimum absolute atomic E-state index is 0.179. The molecule has 0 atom stereocenters. The van der Waals surface area contributed by atoms with Crippen LogP contribution in [0, 0.1) is 0 Å². The molecule has 0 amide bonds. The second kappa shape index (κ2) is 11.0. The van der Waals surface area contributed by atoms with Crippen molar-refractivity contribution in [2.45, 2.75) is 71.6 Å². The number of hydrogen-bond acceptors (Lipinski definition) is 3. The van der Waals surface area contributed by atoms with Gasteiger partial charge in [0, 0.05) is 6.42 Å². The maximum absolute atomic E-state index is 11.6. The summed E-state index contributed by atoms with van der Waals surface area (Å²) < 4.78 is 5.22. The van der Waals surface area contributed by atoms with Crippen LogP contribution in [0.15, 0.2) is 24.3 Å². The standard InChI is InChI=1S/C19H28O3/c1-3-5-6-7-8-9-10-13-16-14-11-12-15-18(16)22-19(21)17(20)4-2/h11-12,14-15H,3-10,13H2,1-2H3. The molecule has 0 fully saturated rings. The highest BCUT2D eigenvalue weighted by Gasteiger charge is 2.15. The first kappa shape index (κ1) is 18.4. The van der Waals surface area contributed by atoms with Crippen molar-refractivity contribution in [2.75, 3.05) is 0 Å². The quantitative estimate of drug-likeness (QED) is 0.254. The highest BCUT2D eigenvalue weighted by Crippen LogP contribution is 2.21.